The summed E-state index contributed by atoms with van der Waals surface area (Å²) in [5.41, 5.74) is 0. The third-order valence-electron chi connectivity index (χ3n) is 14.5. The first-order valence-corrected chi connectivity index (χ1v) is 31.3. The highest BCUT2D eigenvalue weighted by molar-refractivity contribution is 5.76. The molecule has 7 atom stereocenters. The zero-order valence-corrected chi connectivity index (χ0v) is 48.3. The molecule has 0 saturated carbocycles. The third kappa shape index (κ3) is 44.0. The highest BCUT2D eigenvalue weighted by Gasteiger charge is 2.44. The molecule has 9 nitrogen and oxygen atoms in total. The smallest absolute Gasteiger partial charge is 0.220 e. The first kappa shape index (κ1) is 70.4. The zero-order chi connectivity index (χ0) is 54.3. The minimum absolute atomic E-state index is 0.182. The molecule has 434 valence electrons. The van der Waals surface area contributed by atoms with Crippen LogP contribution in [-0.2, 0) is 14.3 Å². The summed E-state index contributed by atoms with van der Waals surface area (Å²) in [4.78, 5) is 13.1. The van der Waals surface area contributed by atoms with E-state index in [1.807, 2.05) is 6.08 Å². The van der Waals surface area contributed by atoms with Gasteiger partial charge in [0.2, 0.25) is 5.91 Å². The zero-order valence-electron chi connectivity index (χ0n) is 48.3. The van der Waals surface area contributed by atoms with Gasteiger partial charge in [-0.1, -0.05) is 279 Å². The highest BCUT2D eigenvalue weighted by atomic mass is 16.7. The van der Waals surface area contributed by atoms with Gasteiger partial charge >= 0.3 is 0 Å². The van der Waals surface area contributed by atoms with Crippen molar-refractivity contribution in [1.29, 1.82) is 0 Å². The van der Waals surface area contributed by atoms with Crippen molar-refractivity contribution in [2.45, 2.75) is 314 Å². The van der Waals surface area contributed by atoms with Crippen LogP contribution in [0.3, 0.4) is 0 Å². The van der Waals surface area contributed by atoms with Crippen LogP contribution in [-0.4, -0.2) is 87.5 Å². The van der Waals surface area contributed by atoms with E-state index in [0.29, 0.717) is 6.42 Å². The summed E-state index contributed by atoms with van der Waals surface area (Å²) < 4.78 is 11.3. The molecule has 1 amide bonds. The lowest BCUT2D eigenvalue weighted by Crippen LogP contribution is -2.60. The number of amides is 1. The summed E-state index contributed by atoms with van der Waals surface area (Å²) >= 11 is 0. The molecule has 0 aromatic carbocycles. The molecule has 0 aromatic heterocycles. The molecule has 1 heterocycles. The fraction of sp³-hybridized carbons (Fsp3) is 0.773. The molecule has 7 unspecified atom stereocenters. The molecule has 6 N–H and O–H groups in total. The maximum absolute atomic E-state index is 13.1. The van der Waals surface area contributed by atoms with Crippen LogP contribution in [0, 0.1) is 0 Å². The van der Waals surface area contributed by atoms with Gasteiger partial charge in [-0.25, -0.2) is 0 Å². The number of carbonyl (C=O) groups excluding carboxylic acids is 1. The van der Waals surface area contributed by atoms with Crippen LogP contribution in [0.5, 0.6) is 0 Å². The van der Waals surface area contributed by atoms with E-state index in [4.69, 9.17) is 9.47 Å². The molecule has 1 rings (SSSR count). The highest BCUT2D eigenvalue weighted by Crippen LogP contribution is 2.23. The van der Waals surface area contributed by atoms with E-state index in [9.17, 15) is 30.3 Å². The van der Waals surface area contributed by atoms with E-state index < -0.39 is 49.5 Å². The van der Waals surface area contributed by atoms with Crippen LogP contribution >= 0.6 is 0 Å². The van der Waals surface area contributed by atoms with Crippen LogP contribution in [0.1, 0.15) is 271 Å². The minimum Gasteiger partial charge on any atom is -0.394 e. The average Bonchev–Trinajstić information content (AvgIpc) is 3.41. The number of hydrogen-bond donors (Lipinski definition) is 6. The number of carbonyl (C=O) groups is 1. The van der Waals surface area contributed by atoms with E-state index in [1.165, 1.54) is 167 Å². The molecule has 0 aromatic rings. The Bertz CT molecular complexity index is 1450. The lowest BCUT2D eigenvalue weighted by atomic mass is 9.99. The van der Waals surface area contributed by atoms with Gasteiger partial charge in [0, 0.05) is 6.42 Å². The predicted octanol–water partition coefficient (Wildman–Crippen LogP) is 16.2. The quantitative estimate of drug-likeness (QED) is 0.0261. The predicted molar refractivity (Wildman–Crippen MR) is 318 cm³/mol. The lowest BCUT2D eigenvalue weighted by molar-refractivity contribution is -0.302. The fourth-order valence-electron chi connectivity index (χ4n) is 9.57. The second-order valence-corrected chi connectivity index (χ2v) is 21.5. The van der Waals surface area contributed by atoms with Gasteiger partial charge in [-0.15, -0.1) is 0 Å². The summed E-state index contributed by atoms with van der Waals surface area (Å²) in [5, 5.41) is 54.6. The molecule has 1 saturated heterocycles. The largest absolute Gasteiger partial charge is 0.394 e. The van der Waals surface area contributed by atoms with E-state index in [-0.39, 0.29) is 12.5 Å². The van der Waals surface area contributed by atoms with Gasteiger partial charge in [-0.2, -0.15) is 0 Å². The number of aliphatic hydroxyl groups excluding tert-OH is 5. The van der Waals surface area contributed by atoms with E-state index in [1.54, 1.807) is 6.08 Å². The van der Waals surface area contributed by atoms with E-state index in [0.717, 1.165) is 83.5 Å². The fourth-order valence-corrected chi connectivity index (χ4v) is 9.57. The van der Waals surface area contributed by atoms with Gasteiger partial charge in [-0.05, 0) is 70.6 Å². The van der Waals surface area contributed by atoms with Gasteiger partial charge in [0.15, 0.2) is 6.29 Å². The van der Waals surface area contributed by atoms with Crippen molar-refractivity contribution in [3.63, 3.8) is 0 Å². The maximum atomic E-state index is 13.1. The summed E-state index contributed by atoms with van der Waals surface area (Å²) in [6, 6.07) is -0.813. The first-order chi connectivity index (χ1) is 36.8. The standard InChI is InChI=1S/C66H117NO8/c1-3-5-7-9-11-13-15-17-19-21-23-25-27-28-29-30-31-32-34-36-38-40-42-44-46-48-50-52-54-56-62(70)67-59(58-74-66-65(73)64(72)63(71)61(57-68)75-66)60(69)55-53-51-49-47-45-43-41-39-37-35-33-26-24-22-20-18-16-14-12-10-8-6-4-2/h5,7,11,13,17,19,23,25,28-29,31-32,53,55,59-61,63-66,68-69,71-73H,3-4,6,8-10,12,14-16,18,20-22,24,26-27,30,33-52,54,56-58H2,1-2H3,(H,67,70)/b7-5-,13-11-,19-17-,25-23-,29-28-,32-31-,55-53+. The molecule has 75 heavy (non-hydrogen) atoms. The van der Waals surface area contributed by atoms with Crippen LogP contribution in [0.15, 0.2) is 85.1 Å². The van der Waals surface area contributed by atoms with Crippen LogP contribution in [0.2, 0.25) is 0 Å². The number of hydrogen-bond acceptors (Lipinski definition) is 8. The average molecular weight is 1050 g/mol. The molecule has 0 radical (unpaired) electrons. The number of ether oxygens (including phenoxy) is 2. The second kappa shape index (κ2) is 54.7. The van der Waals surface area contributed by atoms with Crippen molar-refractivity contribution in [3.8, 4) is 0 Å². The molecular weight excluding hydrogens is 935 g/mol. The van der Waals surface area contributed by atoms with E-state index in [2.05, 4.69) is 92.1 Å². The Balaban J connectivity index is 2.21. The number of rotatable bonds is 53. The molecule has 0 aliphatic carbocycles. The molecule has 9 heteroatoms. The molecule has 1 aliphatic rings. The van der Waals surface area contributed by atoms with Gasteiger partial charge < -0.3 is 40.3 Å². The molecule has 0 bridgehead atoms. The van der Waals surface area contributed by atoms with Crippen molar-refractivity contribution < 1.29 is 39.8 Å². The number of unbranched alkanes of at least 4 members (excludes halogenated alkanes) is 31. The van der Waals surface area contributed by atoms with Crippen molar-refractivity contribution in [2.75, 3.05) is 13.2 Å². The Morgan fingerprint density at radius 2 is 0.827 bits per heavy atom. The summed E-state index contributed by atoms with van der Waals surface area (Å²) in [6.45, 7) is 3.68. The van der Waals surface area contributed by atoms with Crippen molar-refractivity contribution in [1.82, 2.24) is 5.32 Å². The summed E-state index contributed by atoms with van der Waals surface area (Å²) in [6.07, 6.45) is 70.8. The molecule has 1 aliphatic heterocycles. The first-order valence-electron chi connectivity index (χ1n) is 31.3. The maximum Gasteiger partial charge on any atom is 0.220 e. The molecule has 1 fully saturated rings. The van der Waals surface area contributed by atoms with Crippen LogP contribution in [0.25, 0.3) is 0 Å². The topological polar surface area (TPSA) is 149 Å². The van der Waals surface area contributed by atoms with Gasteiger partial charge in [0.25, 0.3) is 0 Å². The monoisotopic (exact) mass is 1050 g/mol. The number of aliphatic hydroxyl groups is 5. The SMILES string of the molecule is CC/C=C\C/C=C\C/C=C\C/C=C\C/C=C\C/C=C\CCCCCCCCCCCCC(=O)NC(COC1OC(CO)C(O)C(O)C1O)C(O)/C=C/CCCCCCCCCCCCCCCCCCCCCCC. The van der Waals surface area contributed by atoms with E-state index >= 15 is 0 Å². The van der Waals surface area contributed by atoms with Gasteiger partial charge in [0.05, 0.1) is 25.4 Å². The van der Waals surface area contributed by atoms with Crippen LogP contribution < -0.4 is 5.32 Å². The van der Waals surface area contributed by atoms with Crippen molar-refractivity contribution in [3.05, 3.63) is 85.1 Å². The van der Waals surface area contributed by atoms with Crippen molar-refractivity contribution in [2.24, 2.45) is 0 Å². The van der Waals surface area contributed by atoms with Gasteiger partial charge in [0.1, 0.15) is 24.4 Å². The molecular formula is C66H117NO8. The Hall–Kier alpha value is -2.63. The lowest BCUT2D eigenvalue weighted by Gasteiger charge is -2.40. The summed E-state index contributed by atoms with van der Waals surface area (Å²) in [5.74, 6) is -0.182. The molecule has 0 spiro atoms. The minimum atomic E-state index is -1.57. The summed E-state index contributed by atoms with van der Waals surface area (Å²) in [7, 11) is 0. The number of allylic oxidation sites excluding steroid dienone is 13. The second-order valence-electron chi connectivity index (χ2n) is 21.5. The number of nitrogens with one attached hydrogen (secondary N) is 1. The Morgan fingerprint density at radius 3 is 1.23 bits per heavy atom. The van der Waals surface area contributed by atoms with Crippen molar-refractivity contribution >= 4 is 5.91 Å². The van der Waals surface area contributed by atoms with Crippen LogP contribution in [0.4, 0.5) is 0 Å². The normalized spacial score (nSPS) is 19.5. The Kier molecular flexibility index (Phi) is 51.3. The van der Waals surface area contributed by atoms with Gasteiger partial charge in [-0.3, -0.25) is 4.79 Å². The third-order valence-corrected chi connectivity index (χ3v) is 14.5. The Morgan fingerprint density at radius 1 is 0.467 bits per heavy atom. The Labute approximate surface area is 461 Å².